The molecule has 6 nitrogen and oxygen atoms in total. The summed E-state index contributed by atoms with van der Waals surface area (Å²) in [5, 5.41) is 21.7. The zero-order chi connectivity index (χ0) is 29.5. The molecular formula is C35H29ClN4O2. The SMILES string of the molecule is C=C/C(=C\C=C(/C)[C@@H](Cc1ccccc1)c1cccc(-c2cccc(C(=O)O)c2)c1)c1cc(Cl)ccc1-n1cnnn1. The second-order valence-electron chi connectivity index (χ2n) is 9.91. The molecular weight excluding hydrogens is 544 g/mol. The minimum atomic E-state index is -0.943. The molecule has 0 fully saturated rings. The van der Waals surface area contributed by atoms with Crippen molar-refractivity contribution in [2.45, 2.75) is 19.3 Å². The number of hydrogen-bond donors (Lipinski definition) is 1. The summed E-state index contributed by atoms with van der Waals surface area (Å²) in [5.41, 5.74) is 8.12. The lowest BCUT2D eigenvalue weighted by atomic mass is 9.84. The highest BCUT2D eigenvalue weighted by Gasteiger charge is 2.16. The number of nitrogens with zero attached hydrogens (tertiary/aromatic N) is 4. The summed E-state index contributed by atoms with van der Waals surface area (Å²) in [6.45, 7) is 6.19. The van der Waals surface area contributed by atoms with Gasteiger partial charge in [-0.2, -0.15) is 4.68 Å². The molecule has 1 aromatic heterocycles. The third-order valence-electron chi connectivity index (χ3n) is 7.18. The molecule has 0 saturated heterocycles. The summed E-state index contributed by atoms with van der Waals surface area (Å²) in [7, 11) is 0. The van der Waals surface area contributed by atoms with Crippen molar-refractivity contribution < 1.29 is 9.90 Å². The van der Waals surface area contributed by atoms with Crippen molar-refractivity contribution in [2.75, 3.05) is 0 Å². The van der Waals surface area contributed by atoms with Crippen molar-refractivity contribution in [3.05, 3.63) is 161 Å². The van der Waals surface area contributed by atoms with Crippen LogP contribution >= 0.6 is 11.6 Å². The molecule has 0 bridgehead atoms. The molecule has 0 unspecified atom stereocenters. The number of hydrogen-bond acceptors (Lipinski definition) is 4. The second kappa shape index (κ2) is 13.1. The fraction of sp³-hybridized carbons (Fsp3) is 0.0857. The number of aromatic carboxylic acids is 1. The first-order chi connectivity index (χ1) is 20.4. The second-order valence-corrected chi connectivity index (χ2v) is 10.3. The molecule has 0 aliphatic heterocycles. The highest BCUT2D eigenvalue weighted by atomic mass is 35.5. The molecule has 5 aromatic rings. The van der Waals surface area contributed by atoms with Gasteiger partial charge in [-0.25, -0.2) is 4.79 Å². The van der Waals surface area contributed by atoms with E-state index in [-0.39, 0.29) is 11.5 Å². The summed E-state index contributed by atoms with van der Waals surface area (Å²) in [6, 6.07) is 31.3. The summed E-state index contributed by atoms with van der Waals surface area (Å²) in [6.07, 6.45) is 8.30. The predicted octanol–water partition coefficient (Wildman–Crippen LogP) is 8.22. The maximum atomic E-state index is 11.6. The Morgan fingerprint density at radius 1 is 0.952 bits per heavy atom. The molecule has 0 amide bonds. The molecule has 0 radical (unpaired) electrons. The van der Waals surface area contributed by atoms with Crippen LogP contribution in [0.5, 0.6) is 0 Å². The molecule has 5 rings (SSSR count). The summed E-state index contributed by atoms with van der Waals surface area (Å²) in [5.74, 6) is -0.878. The minimum absolute atomic E-state index is 0.0654. The lowest BCUT2D eigenvalue weighted by Gasteiger charge is -2.20. The molecule has 42 heavy (non-hydrogen) atoms. The Balaban J connectivity index is 1.55. The van der Waals surface area contributed by atoms with Crippen molar-refractivity contribution >= 4 is 23.1 Å². The van der Waals surface area contributed by atoms with Crippen LogP contribution in [0.2, 0.25) is 5.02 Å². The molecule has 0 spiro atoms. The van der Waals surface area contributed by atoms with Gasteiger partial charge in [0.05, 0.1) is 11.3 Å². The predicted molar refractivity (Wildman–Crippen MR) is 168 cm³/mol. The Kier molecular flexibility index (Phi) is 8.85. The van der Waals surface area contributed by atoms with Crippen LogP contribution in [0.15, 0.2) is 134 Å². The van der Waals surface area contributed by atoms with Gasteiger partial charge in [-0.05, 0) is 81.9 Å². The van der Waals surface area contributed by atoms with Crippen LogP contribution in [0.3, 0.4) is 0 Å². The van der Waals surface area contributed by atoms with Crippen LogP contribution in [-0.2, 0) is 6.42 Å². The normalized spacial score (nSPS) is 12.6. The number of carboxylic acids is 1. The van der Waals surface area contributed by atoms with Crippen LogP contribution in [0.1, 0.15) is 39.9 Å². The molecule has 0 aliphatic rings. The van der Waals surface area contributed by atoms with Gasteiger partial charge in [0.25, 0.3) is 0 Å². The molecule has 1 heterocycles. The van der Waals surface area contributed by atoms with Gasteiger partial charge in [0.15, 0.2) is 0 Å². The van der Waals surface area contributed by atoms with E-state index in [0.717, 1.165) is 45.5 Å². The molecule has 1 atom stereocenters. The number of carboxylic acid groups (broad SMARTS) is 1. The Labute approximate surface area is 249 Å². The molecule has 1 N–H and O–H groups in total. The largest absolute Gasteiger partial charge is 0.478 e. The Morgan fingerprint density at radius 3 is 2.43 bits per heavy atom. The monoisotopic (exact) mass is 572 g/mol. The Bertz CT molecular complexity index is 1780. The Morgan fingerprint density at radius 2 is 1.71 bits per heavy atom. The fourth-order valence-electron chi connectivity index (χ4n) is 4.97. The number of rotatable bonds is 10. The van der Waals surface area contributed by atoms with E-state index < -0.39 is 5.97 Å². The lowest BCUT2D eigenvalue weighted by Crippen LogP contribution is -2.05. The average molecular weight is 573 g/mol. The fourth-order valence-corrected chi connectivity index (χ4v) is 5.15. The van der Waals surface area contributed by atoms with E-state index in [1.165, 1.54) is 5.56 Å². The third-order valence-corrected chi connectivity index (χ3v) is 7.41. The van der Waals surface area contributed by atoms with Gasteiger partial charge >= 0.3 is 5.97 Å². The van der Waals surface area contributed by atoms with Crippen LogP contribution in [0.25, 0.3) is 22.4 Å². The van der Waals surface area contributed by atoms with Crippen LogP contribution in [0, 0.1) is 0 Å². The van der Waals surface area contributed by atoms with E-state index in [4.69, 9.17) is 11.6 Å². The number of halogens is 1. The first-order valence-corrected chi connectivity index (χ1v) is 13.8. The number of aromatic nitrogens is 4. The van der Waals surface area contributed by atoms with Crippen LogP contribution < -0.4 is 0 Å². The number of benzene rings is 4. The van der Waals surface area contributed by atoms with E-state index in [2.05, 4.69) is 71.5 Å². The van der Waals surface area contributed by atoms with Crippen LogP contribution in [-0.4, -0.2) is 31.3 Å². The highest BCUT2D eigenvalue weighted by Crippen LogP contribution is 2.33. The topological polar surface area (TPSA) is 80.9 Å². The summed E-state index contributed by atoms with van der Waals surface area (Å²) < 4.78 is 1.60. The Hall–Kier alpha value is -5.07. The van der Waals surface area contributed by atoms with Gasteiger partial charge in [-0.15, -0.1) is 5.10 Å². The van der Waals surface area contributed by atoms with Crippen molar-refractivity contribution in [1.82, 2.24) is 20.2 Å². The highest BCUT2D eigenvalue weighted by molar-refractivity contribution is 6.30. The molecule has 208 valence electrons. The van der Waals surface area contributed by atoms with Gasteiger partial charge in [-0.3, -0.25) is 0 Å². The first kappa shape index (κ1) is 28.5. The van der Waals surface area contributed by atoms with Crippen molar-refractivity contribution in [2.24, 2.45) is 0 Å². The van der Waals surface area contributed by atoms with E-state index >= 15 is 0 Å². The average Bonchev–Trinajstić information content (AvgIpc) is 3.56. The third kappa shape index (κ3) is 6.62. The summed E-state index contributed by atoms with van der Waals surface area (Å²) >= 11 is 6.38. The zero-order valence-electron chi connectivity index (χ0n) is 23.1. The smallest absolute Gasteiger partial charge is 0.335 e. The van der Waals surface area contributed by atoms with Crippen LogP contribution in [0.4, 0.5) is 0 Å². The van der Waals surface area contributed by atoms with E-state index in [0.29, 0.717) is 5.02 Å². The van der Waals surface area contributed by atoms with Crippen molar-refractivity contribution in [3.8, 4) is 16.8 Å². The number of tetrazole rings is 1. The van der Waals surface area contributed by atoms with Crippen molar-refractivity contribution in [3.63, 3.8) is 0 Å². The van der Waals surface area contributed by atoms with Gasteiger partial charge in [0, 0.05) is 16.5 Å². The van der Waals surface area contributed by atoms with Gasteiger partial charge in [0.1, 0.15) is 6.33 Å². The van der Waals surface area contributed by atoms with E-state index in [9.17, 15) is 9.90 Å². The van der Waals surface area contributed by atoms with E-state index in [1.54, 1.807) is 41.4 Å². The molecule has 0 saturated carbocycles. The maximum absolute atomic E-state index is 11.6. The quantitative estimate of drug-likeness (QED) is 0.170. The lowest BCUT2D eigenvalue weighted by molar-refractivity contribution is 0.0697. The number of carbonyl (C=O) groups is 1. The zero-order valence-corrected chi connectivity index (χ0v) is 23.8. The number of allylic oxidation sites excluding steroid dienone is 5. The summed E-state index contributed by atoms with van der Waals surface area (Å²) in [4.78, 5) is 11.6. The molecule has 0 aliphatic carbocycles. The van der Waals surface area contributed by atoms with E-state index in [1.807, 2.05) is 42.5 Å². The maximum Gasteiger partial charge on any atom is 0.335 e. The van der Waals surface area contributed by atoms with Crippen molar-refractivity contribution in [1.29, 1.82) is 0 Å². The first-order valence-electron chi connectivity index (χ1n) is 13.4. The van der Waals surface area contributed by atoms with Gasteiger partial charge in [-0.1, -0.05) is 109 Å². The minimum Gasteiger partial charge on any atom is -0.478 e. The standard InChI is InChI=1S/C35H29ClN4O2/c1-3-26(33-22-31(36)17-18-34(33)40-23-37-38-39-40)16-15-24(2)32(19-25-9-5-4-6-10-25)29-13-7-11-27(20-29)28-12-8-14-30(21-28)35(41)42/h3-18,20-23,32H,1,19H2,2H3,(H,41,42)/b24-15+,26-16+/t32-/m1/s1. The molecule has 7 heteroatoms. The van der Waals surface area contributed by atoms with Gasteiger partial charge < -0.3 is 5.11 Å². The molecule has 4 aromatic carbocycles. The van der Waals surface area contributed by atoms with Gasteiger partial charge in [0.2, 0.25) is 0 Å².